The molecule has 0 fully saturated rings. The van der Waals surface area contributed by atoms with Crippen molar-refractivity contribution in [2.24, 2.45) is 0 Å². The first kappa shape index (κ1) is 19.5. The minimum atomic E-state index is -0.332. The molecule has 1 heterocycles. The lowest BCUT2D eigenvalue weighted by molar-refractivity contribution is -0.123. The number of carbonyl (C=O) groups is 2. The van der Waals surface area contributed by atoms with Crippen molar-refractivity contribution in [3.8, 4) is 11.5 Å². The smallest absolute Gasteiger partial charge is 0.240 e. The van der Waals surface area contributed by atoms with Gasteiger partial charge < -0.3 is 14.8 Å². The van der Waals surface area contributed by atoms with Crippen LogP contribution in [-0.2, 0) is 16.1 Å². The molecule has 0 bridgehead atoms. The van der Waals surface area contributed by atoms with Crippen molar-refractivity contribution >= 4 is 29.1 Å². The summed E-state index contributed by atoms with van der Waals surface area (Å²) < 4.78 is 10.5. The van der Waals surface area contributed by atoms with Gasteiger partial charge in [0.05, 0.1) is 37.2 Å². The molecule has 0 saturated carbocycles. The molecule has 2 amide bonds. The summed E-state index contributed by atoms with van der Waals surface area (Å²) >= 11 is 6.09. The highest BCUT2D eigenvalue weighted by molar-refractivity contribution is 6.32. The van der Waals surface area contributed by atoms with Crippen molar-refractivity contribution < 1.29 is 19.1 Å². The first-order chi connectivity index (χ1) is 12.5. The number of halogens is 1. The van der Waals surface area contributed by atoms with E-state index in [1.54, 1.807) is 24.4 Å². The van der Waals surface area contributed by atoms with Crippen molar-refractivity contribution in [2.45, 2.75) is 13.5 Å². The second-order valence-corrected chi connectivity index (χ2v) is 5.77. The van der Waals surface area contributed by atoms with Crippen molar-refractivity contribution in [1.82, 2.24) is 10.3 Å². The van der Waals surface area contributed by atoms with E-state index in [1.807, 2.05) is 6.07 Å². The summed E-state index contributed by atoms with van der Waals surface area (Å²) in [5.41, 5.74) is 1.12. The molecule has 0 spiro atoms. The van der Waals surface area contributed by atoms with E-state index in [-0.39, 0.29) is 24.9 Å². The second kappa shape index (κ2) is 9.05. The highest BCUT2D eigenvalue weighted by atomic mass is 35.5. The van der Waals surface area contributed by atoms with Crippen molar-refractivity contribution in [1.29, 1.82) is 0 Å². The standard InChI is InChI=1S/C18H20ClN3O4/c1-12(23)22(11-18(24)21-10-13-6-4-5-7-20-13)15-9-16(25-2)14(19)8-17(15)26-3/h4-9H,10-11H2,1-3H3,(H,21,24). The zero-order valence-corrected chi connectivity index (χ0v) is 15.5. The van der Waals surface area contributed by atoms with Gasteiger partial charge in [-0.15, -0.1) is 0 Å². The van der Waals surface area contributed by atoms with Gasteiger partial charge >= 0.3 is 0 Å². The van der Waals surface area contributed by atoms with Crippen LogP contribution in [0.4, 0.5) is 5.69 Å². The summed E-state index contributed by atoms with van der Waals surface area (Å²) in [5, 5.41) is 3.08. The molecule has 0 atom stereocenters. The molecular formula is C18H20ClN3O4. The number of rotatable bonds is 7. The van der Waals surface area contributed by atoms with Gasteiger partial charge in [0.1, 0.15) is 18.0 Å². The van der Waals surface area contributed by atoms with Crippen LogP contribution in [0.5, 0.6) is 11.5 Å². The SMILES string of the molecule is COc1cc(N(CC(=O)NCc2ccccn2)C(C)=O)c(OC)cc1Cl. The summed E-state index contributed by atoms with van der Waals surface area (Å²) in [6.45, 7) is 1.46. The van der Waals surface area contributed by atoms with E-state index in [0.29, 0.717) is 22.2 Å². The van der Waals surface area contributed by atoms with Crippen LogP contribution in [-0.4, -0.2) is 37.6 Å². The Bertz CT molecular complexity index is 784. The Morgan fingerprint density at radius 3 is 2.50 bits per heavy atom. The largest absolute Gasteiger partial charge is 0.495 e. The number of carbonyl (C=O) groups excluding carboxylic acids is 2. The van der Waals surface area contributed by atoms with Crippen LogP contribution in [0.1, 0.15) is 12.6 Å². The molecule has 2 aromatic rings. The molecule has 1 aromatic heterocycles. The third-order valence-corrected chi connectivity index (χ3v) is 3.91. The molecule has 1 aromatic carbocycles. The zero-order chi connectivity index (χ0) is 19.1. The minimum absolute atomic E-state index is 0.177. The molecule has 0 aliphatic rings. The van der Waals surface area contributed by atoms with Crippen molar-refractivity contribution in [3.63, 3.8) is 0 Å². The van der Waals surface area contributed by atoms with Crippen LogP contribution >= 0.6 is 11.6 Å². The van der Waals surface area contributed by atoms with Gasteiger partial charge in [0, 0.05) is 25.3 Å². The number of hydrogen-bond donors (Lipinski definition) is 1. The molecule has 1 N–H and O–H groups in total. The van der Waals surface area contributed by atoms with Gasteiger partial charge in [-0.25, -0.2) is 0 Å². The Kier molecular flexibility index (Phi) is 6.80. The minimum Gasteiger partial charge on any atom is -0.495 e. The van der Waals surface area contributed by atoms with E-state index in [0.717, 1.165) is 5.69 Å². The molecule has 26 heavy (non-hydrogen) atoms. The fraction of sp³-hybridized carbons (Fsp3) is 0.278. The van der Waals surface area contributed by atoms with E-state index in [9.17, 15) is 9.59 Å². The number of nitrogens with one attached hydrogen (secondary N) is 1. The lowest BCUT2D eigenvalue weighted by atomic mass is 10.2. The van der Waals surface area contributed by atoms with E-state index in [4.69, 9.17) is 21.1 Å². The topological polar surface area (TPSA) is 80.8 Å². The highest BCUT2D eigenvalue weighted by Gasteiger charge is 2.21. The third-order valence-electron chi connectivity index (χ3n) is 3.62. The Morgan fingerprint density at radius 1 is 1.19 bits per heavy atom. The first-order valence-electron chi connectivity index (χ1n) is 7.82. The predicted octanol–water partition coefficient (Wildman–Crippen LogP) is 2.42. The van der Waals surface area contributed by atoms with Crippen LogP contribution in [0.2, 0.25) is 5.02 Å². The molecule has 7 nitrogen and oxygen atoms in total. The van der Waals surface area contributed by atoms with Gasteiger partial charge in [0.2, 0.25) is 11.8 Å². The number of nitrogens with zero attached hydrogens (tertiary/aromatic N) is 2. The Hall–Kier alpha value is -2.80. The van der Waals surface area contributed by atoms with Gasteiger partial charge in [0.15, 0.2) is 0 Å². The fourth-order valence-corrected chi connectivity index (χ4v) is 2.54. The number of aromatic nitrogens is 1. The molecular weight excluding hydrogens is 358 g/mol. The van der Waals surface area contributed by atoms with Gasteiger partial charge in [-0.2, -0.15) is 0 Å². The average Bonchev–Trinajstić information content (AvgIpc) is 2.65. The summed E-state index contributed by atoms with van der Waals surface area (Å²) in [6.07, 6.45) is 1.65. The number of ether oxygens (including phenoxy) is 2. The van der Waals surface area contributed by atoms with E-state index in [2.05, 4.69) is 10.3 Å². The fourth-order valence-electron chi connectivity index (χ4n) is 2.31. The van der Waals surface area contributed by atoms with Gasteiger partial charge in [-0.1, -0.05) is 17.7 Å². The molecule has 0 radical (unpaired) electrons. The van der Waals surface area contributed by atoms with Gasteiger partial charge in [0.25, 0.3) is 0 Å². The Morgan fingerprint density at radius 2 is 1.92 bits per heavy atom. The predicted molar refractivity (Wildman–Crippen MR) is 98.7 cm³/mol. The molecule has 0 unspecified atom stereocenters. The van der Waals surface area contributed by atoms with Crippen LogP contribution in [0.25, 0.3) is 0 Å². The third kappa shape index (κ3) is 4.86. The molecule has 2 rings (SSSR count). The maximum atomic E-state index is 12.3. The summed E-state index contributed by atoms with van der Waals surface area (Å²) in [5.74, 6) is 0.0913. The molecule has 0 aliphatic heterocycles. The molecule has 8 heteroatoms. The molecule has 138 valence electrons. The normalized spacial score (nSPS) is 10.2. The first-order valence-corrected chi connectivity index (χ1v) is 8.20. The maximum Gasteiger partial charge on any atom is 0.240 e. The van der Waals surface area contributed by atoms with Crippen LogP contribution in [0, 0.1) is 0 Å². The Labute approximate surface area is 156 Å². The van der Waals surface area contributed by atoms with Gasteiger partial charge in [-0.3, -0.25) is 19.5 Å². The maximum absolute atomic E-state index is 12.3. The summed E-state index contributed by atoms with van der Waals surface area (Å²) in [6, 6.07) is 8.53. The van der Waals surface area contributed by atoms with Crippen molar-refractivity contribution in [2.75, 3.05) is 25.7 Å². The number of methoxy groups -OCH3 is 2. The highest BCUT2D eigenvalue weighted by Crippen LogP contribution is 2.38. The molecule has 0 saturated heterocycles. The van der Waals surface area contributed by atoms with Crippen LogP contribution in [0.3, 0.4) is 0 Å². The lowest BCUT2D eigenvalue weighted by Gasteiger charge is -2.23. The van der Waals surface area contributed by atoms with Crippen LogP contribution < -0.4 is 19.7 Å². The zero-order valence-electron chi connectivity index (χ0n) is 14.8. The van der Waals surface area contributed by atoms with E-state index in [1.165, 1.54) is 32.1 Å². The van der Waals surface area contributed by atoms with Gasteiger partial charge in [-0.05, 0) is 12.1 Å². The van der Waals surface area contributed by atoms with Crippen molar-refractivity contribution in [3.05, 3.63) is 47.2 Å². The molecule has 0 aliphatic carbocycles. The Balaban J connectivity index is 2.18. The quantitative estimate of drug-likeness (QED) is 0.801. The summed E-state index contributed by atoms with van der Waals surface area (Å²) in [7, 11) is 2.93. The van der Waals surface area contributed by atoms with E-state index >= 15 is 0 Å². The number of hydrogen-bond acceptors (Lipinski definition) is 5. The average molecular weight is 378 g/mol. The van der Waals surface area contributed by atoms with Crippen LogP contribution in [0.15, 0.2) is 36.5 Å². The van der Waals surface area contributed by atoms with E-state index < -0.39 is 0 Å². The number of pyridine rings is 1. The number of anilines is 1. The lowest BCUT2D eigenvalue weighted by Crippen LogP contribution is -2.39. The summed E-state index contributed by atoms with van der Waals surface area (Å²) in [4.78, 5) is 29.8. The number of benzene rings is 1. The second-order valence-electron chi connectivity index (χ2n) is 5.36. The number of amides is 2. The monoisotopic (exact) mass is 377 g/mol.